The summed E-state index contributed by atoms with van der Waals surface area (Å²) in [4.78, 5) is 25.8. The highest BCUT2D eigenvalue weighted by atomic mass is 35.5. The molecule has 1 aliphatic heterocycles. The van der Waals surface area contributed by atoms with E-state index in [4.69, 9.17) is 16.3 Å². The SMILES string of the molecule is COC(=O)CC1CCCCN1C(=O)Cc1ccc(Cl)cc1. The largest absolute Gasteiger partial charge is 0.469 e. The van der Waals surface area contributed by atoms with Crippen molar-refractivity contribution in [3.8, 4) is 0 Å². The Kier molecular flexibility index (Phi) is 5.62. The number of esters is 1. The Bertz CT molecular complexity index is 501. The Morgan fingerprint density at radius 1 is 1.29 bits per heavy atom. The third kappa shape index (κ3) is 4.46. The summed E-state index contributed by atoms with van der Waals surface area (Å²) in [6, 6.07) is 7.25. The van der Waals surface area contributed by atoms with E-state index in [2.05, 4.69) is 0 Å². The van der Waals surface area contributed by atoms with E-state index in [1.165, 1.54) is 7.11 Å². The summed E-state index contributed by atoms with van der Waals surface area (Å²) in [5, 5.41) is 0.660. The first-order chi connectivity index (χ1) is 10.1. The monoisotopic (exact) mass is 309 g/mol. The lowest BCUT2D eigenvalue weighted by molar-refractivity contribution is -0.144. The smallest absolute Gasteiger partial charge is 0.307 e. The van der Waals surface area contributed by atoms with Gasteiger partial charge >= 0.3 is 5.97 Å². The third-order valence-electron chi connectivity index (χ3n) is 3.85. The van der Waals surface area contributed by atoms with Gasteiger partial charge in [-0.15, -0.1) is 0 Å². The lowest BCUT2D eigenvalue weighted by atomic mass is 9.98. The number of piperidine rings is 1. The zero-order valence-corrected chi connectivity index (χ0v) is 12.9. The summed E-state index contributed by atoms with van der Waals surface area (Å²) in [5.74, 6) is -0.197. The van der Waals surface area contributed by atoms with Crippen LogP contribution in [0.5, 0.6) is 0 Å². The highest BCUT2D eigenvalue weighted by Crippen LogP contribution is 2.21. The predicted octanol–water partition coefficient (Wildman–Crippen LogP) is 2.83. The van der Waals surface area contributed by atoms with Crippen LogP contribution in [0.25, 0.3) is 0 Å². The summed E-state index contributed by atoms with van der Waals surface area (Å²) in [6.07, 6.45) is 3.52. The van der Waals surface area contributed by atoms with Crippen molar-refractivity contribution in [1.29, 1.82) is 0 Å². The molecule has 1 aromatic carbocycles. The third-order valence-corrected chi connectivity index (χ3v) is 4.10. The minimum atomic E-state index is -0.258. The average Bonchev–Trinajstić information content (AvgIpc) is 2.50. The normalized spacial score (nSPS) is 18.4. The van der Waals surface area contributed by atoms with E-state index in [1.54, 1.807) is 12.1 Å². The Balaban J connectivity index is 2.00. The minimum Gasteiger partial charge on any atom is -0.469 e. The molecule has 2 rings (SSSR count). The van der Waals surface area contributed by atoms with Gasteiger partial charge in [0.1, 0.15) is 0 Å². The maximum Gasteiger partial charge on any atom is 0.307 e. The van der Waals surface area contributed by atoms with Crippen molar-refractivity contribution in [2.24, 2.45) is 0 Å². The molecule has 1 aromatic rings. The van der Waals surface area contributed by atoms with Gasteiger partial charge in [0.05, 0.1) is 20.0 Å². The summed E-state index contributed by atoms with van der Waals surface area (Å²) >= 11 is 5.85. The van der Waals surface area contributed by atoms with Crippen LogP contribution in [0.4, 0.5) is 0 Å². The van der Waals surface area contributed by atoms with Gasteiger partial charge in [-0.25, -0.2) is 0 Å². The Morgan fingerprint density at radius 3 is 2.67 bits per heavy atom. The first kappa shape index (κ1) is 15.8. The van der Waals surface area contributed by atoms with Crippen molar-refractivity contribution in [2.45, 2.75) is 38.1 Å². The van der Waals surface area contributed by atoms with Crippen LogP contribution < -0.4 is 0 Å². The van der Waals surface area contributed by atoms with E-state index in [0.717, 1.165) is 24.8 Å². The van der Waals surface area contributed by atoms with Crippen molar-refractivity contribution in [2.75, 3.05) is 13.7 Å². The van der Waals surface area contributed by atoms with Crippen LogP contribution in [0.15, 0.2) is 24.3 Å². The highest BCUT2D eigenvalue weighted by Gasteiger charge is 2.28. The van der Waals surface area contributed by atoms with Gasteiger partial charge in [-0.05, 0) is 37.0 Å². The number of ether oxygens (including phenoxy) is 1. The summed E-state index contributed by atoms with van der Waals surface area (Å²) < 4.78 is 4.72. The molecule has 0 aliphatic carbocycles. The first-order valence-electron chi connectivity index (χ1n) is 7.21. The van der Waals surface area contributed by atoms with Crippen LogP contribution in [0.3, 0.4) is 0 Å². The van der Waals surface area contributed by atoms with E-state index < -0.39 is 0 Å². The van der Waals surface area contributed by atoms with Crippen LogP contribution in [0.1, 0.15) is 31.2 Å². The number of hydrogen-bond donors (Lipinski definition) is 0. The Morgan fingerprint density at radius 2 is 2.00 bits per heavy atom. The number of amides is 1. The number of carbonyl (C=O) groups is 2. The summed E-state index contributed by atoms with van der Waals surface area (Å²) in [5.41, 5.74) is 0.937. The van der Waals surface area contributed by atoms with Gasteiger partial charge in [-0.3, -0.25) is 9.59 Å². The van der Waals surface area contributed by atoms with Gasteiger partial charge in [0.2, 0.25) is 5.91 Å². The molecule has 0 radical (unpaired) electrons. The number of carbonyl (C=O) groups excluding carboxylic acids is 2. The van der Waals surface area contributed by atoms with E-state index >= 15 is 0 Å². The fourth-order valence-corrected chi connectivity index (χ4v) is 2.82. The van der Waals surface area contributed by atoms with Gasteiger partial charge in [-0.1, -0.05) is 23.7 Å². The topological polar surface area (TPSA) is 46.6 Å². The molecule has 1 aliphatic rings. The molecule has 0 saturated carbocycles. The lowest BCUT2D eigenvalue weighted by Crippen LogP contribution is -2.45. The number of nitrogens with zero attached hydrogens (tertiary/aromatic N) is 1. The van der Waals surface area contributed by atoms with Crippen LogP contribution in [0, 0.1) is 0 Å². The molecule has 0 N–H and O–H groups in total. The number of rotatable bonds is 4. The van der Waals surface area contributed by atoms with Crippen molar-refractivity contribution in [1.82, 2.24) is 4.90 Å². The predicted molar refractivity (Wildman–Crippen MR) is 81.1 cm³/mol. The molecule has 5 heteroatoms. The fourth-order valence-electron chi connectivity index (χ4n) is 2.70. The standard InChI is InChI=1S/C16H20ClNO3/c1-21-16(20)11-14-4-2-3-9-18(14)15(19)10-12-5-7-13(17)8-6-12/h5-8,14H,2-4,9-11H2,1H3. The molecule has 0 spiro atoms. The molecule has 1 atom stereocenters. The first-order valence-corrected chi connectivity index (χ1v) is 7.58. The molecule has 1 amide bonds. The van der Waals surface area contributed by atoms with Crippen molar-refractivity contribution >= 4 is 23.5 Å². The second-order valence-corrected chi connectivity index (χ2v) is 5.76. The molecule has 0 aromatic heterocycles. The number of benzene rings is 1. The van der Waals surface area contributed by atoms with Crippen LogP contribution in [-0.4, -0.2) is 36.5 Å². The Hall–Kier alpha value is -1.55. The quantitative estimate of drug-likeness (QED) is 0.804. The van der Waals surface area contributed by atoms with Gasteiger partial charge < -0.3 is 9.64 Å². The van der Waals surface area contributed by atoms with Crippen LogP contribution in [0.2, 0.25) is 5.02 Å². The van der Waals surface area contributed by atoms with E-state index in [9.17, 15) is 9.59 Å². The number of hydrogen-bond acceptors (Lipinski definition) is 3. The van der Waals surface area contributed by atoms with Crippen molar-refractivity contribution < 1.29 is 14.3 Å². The van der Waals surface area contributed by atoms with Crippen molar-refractivity contribution in [3.05, 3.63) is 34.9 Å². The van der Waals surface area contributed by atoms with Gasteiger partial charge in [0.15, 0.2) is 0 Å². The van der Waals surface area contributed by atoms with E-state index in [0.29, 0.717) is 18.0 Å². The number of likely N-dealkylation sites (tertiary alicyclic amines) is 1. The van der Waals surface area contributed by atoms with E-state index in [1.807, 2.05) is 17.0 Å². The fraction of sp³-hybridized carbons (Fsp3) is 0.500. The lowest BCUT2D eigenvalue weighted by Gasteiger charge is -2.35. The zero-order chi connectivity index (χ0) is 15.2. The second kappa shape index (κ2) is 7.46. The zero-order valence-electron chi connectivity index (χ0n) is 12.2. The van der Waals surface area contributed by atoms with Crippen LogP contribution >= 0.6 is 11.6 Å². The highest BCUT2D eigenvalue weighted by molar-refractivity contribution is 6.30. The molecule has 1 unspecified atom stereocenters. The van der Waals surface area contributed by atoms with Crippen LogP contribution in [-0.2, 0) is 20.7 Å². The molecule has 1 saturated heterocycles. The summed E-state index contributed by atoms with van der Waals surface area (Å²) in [7, 11) is 1.38. The maximum atomic E-state index is 12.5. The van der Waals surface area contributed by atoms with E-state index in [-0.39, 0.29) is 24.3 Å². The molecule has 1 fully saturated rings. The molecule has 4 nitrogen and oxygen atoms in total. The molecular formula is C16H20ClNO3. The Labute approximate surface area is 130 Å². The molecular weight excluding hydrogens is 290 g/mol. The minimum absolute atomic E-state index is 0.0361. The number of methoxy groups -OCH3 is 1. The second-order valence-electron chi connectivity index (χ2n) is 5.32. The van der Waals surface area contributed by atoms with Crippen molar-refractivity contribution in [3.63, 3.8) is 0 Å². The maximum absolute atomic E-state index is 12.5. The summed E-state index contributed by atoms with van der Waals surface area (Å²) in [6.45, 7) is 0.716. The molecule has 0 bridgehead atoms. The van der Waals surface area contributed by atoms with Gasteiger partial charge in [-0.2, -0.15) is 0 Å². The molecule has 1 heterocycles. The number of halogens is 1. The van der Waals surface area contributed by atoms with Gasteiger partial charge in [0, 0.05) is 17.6 Å². The van der Waals surface area contributed by atoms with Gasteiger partial charge in [0.25, 0.3) is 0 Å². The molecule has 114 valence electrons. The average molecular weight is 310 g/mol. The molecule has 21 heavy (non-hydrogen) atoms.